The van der Waals surface area contributed by atoms with E-state index in [-0.39, 0.29) is 0 Å². The maximum atomic E-state index is 11.0. The zero-order valence-electron chi connectivity index (χ0n) is 10.7. The molecule has 6 nitrogen and oxygen atoms in total. The average Bonchev–Trinajstić information content (AvgIpc) is 2.36. The molecule has 0 aliphatic rings. The second kappa shape index (κ2) is 7.47. The summed E-state index contributed by atoms with van der Waals surface area (Å²) in [6.07, 6.45) is 3.58. The highest BCUT2D eigenvalue weighted by molar-refractivity contribution is 5.76. The van der Waals surface area contributed by atoms with Gasteiger partial charge in [0.25, 0.3) is 0 Å². The molecule has 1 aromatic heterocycles. The van der Waals surface area contributed by atoms with Crippen LogP contribution >= 0.6 is 0 Å². The molecule has 2 N–H and O–H groups in total. The van der Waals surface area contributed by atoms with E-state index in [9.17, 15) is 4.79 Å². The van der Waals surface area contributed by atoms with Crippen molar-refractivity contribution in [2.45, 2.75) is 39.2 Å². The lowest BCUT2D eigenvalue weighted by molar-refractivity contribution is -0.138. The van der Waals surface area contributed by atoms with Crippen molar-refractivity contribution in [3.63, 3.8) is 0 Å². The lowest BCUT2D eigenvalue weighted by Crippen LogP contribution is -2.29. The molecule has 1 rings (SSSR count). The Bertz CT molecular complexity index is 385. The van der Waals surface area contributed by atoms with E-state index < -0.39 is 12.0 Å². The minimum absolute atomic E-state index is 0.454. The monoisotopic (exact) mass is 253 g/mol. The van der Waals surface area contributed by atoms with Crippen LogP contribution in [0.15, 0.2) is 12.4 Å². The Morgan fingerprint density at radius 1 is 1.44 bits per heavy atom. The third-order valence-corrected chi connectivity index (χ3v) is 2.29. The highest BCUT2D eigenvalue weighted by Gasteiger charge is 2.16. The first-order valence-corrected chi connectivity index (χ1v) is 6.11. The number of carboxylic acid groups (broad SMARTS) is 1. The summed E-state index contributed by atoms with van der Waals surface area (Å²) in [6.45, 7) is 4.52. The van der Waals surface area contributed by atoms with Crippen molar-refractivity contribution in [1.82, 2.24) is 9.97 Å². The van der Waals surface area contributed by atoms with Crippen molar-refractivity contribution in [3.8, 4) is 5.88 Å². The van der Waals surface area contributed by atoms with Gasteiger partial charge in [0.2, 0.25) is 5.88 Å². The molecule has 6 heteroatoms. The van der Waals surface area contributed by atoms with Crippen LogP contribution < -0.4 is 10.1 Å². The summed E-state index contributed by atoms with van der Waals surface area (Å²) in [5, 5.41) is 11.9. The van der Waals surface area contributed by atoms with Crippen LogP contribution in [-0.2, 0) is 4.79 Å². The standard InChI is InChI=1S/C12H19N3O3/c1-3-5-9(12(16)17)15-10-7-11(14-8-13-10)18-6-4-2/h7-9H,3-6H2,1-2H3,(H,16,17)(H,13,14,15). The third-order valence-electron chi connectivity index (χ3n) is 2.29. The number of carbonyl (C=O) groups is 1. The predicted molar refractivity (Wildman–Crippen MR) is 67.8 cm³/mol. The molecule has 0 amide bonds. The first kappa shape index (κ1) is 14.2. The van der Waals surface area contributed by atoms with Crippen molar-refractivity contribution < 1.29 is 14.6 Å². The summed E-state index contributed by atoms with van der Waals surface area (Å²) in [6, 6.07) is 0.977. The quantitative estimate of drug-likeness (QED) is 0.736. The van der Waals surface area contributed by atoms with Gasteiger partial charge in [0, 0.05) is 6.07 Å². The third kappa shape index (κ3) is 4.57. The topological polar surface area (TPSA) is 84.3 Å². The molecule has 0 fully saturated rings. The Hall–Kier alpha value is -1.85. The van der Waals surface area contributed by atoms with E-state index in [1.165, 1.54) is 6.33 Å². The Kier molecular flexibility index (Phi) is 5.90. The lowest BCUT2D eigenvalue weighted by atomic mass is 10.2. The van der Waals surface area contributed by atoms with E-state index in [1.807, 2.05) is 13.8 Å². The van der Waals surface area contributed by atoms with Crippen LogP contribution in [0.4, 0.5) is 5.82 Å². The number of carboxylic acids is 1. The molecule has 18 heavy (non-hydrogen) atoms. The van der Waals surface area contributed by atoms with E-state index >= 15 is 0 Å². The molecule has 0 saturated carbocycles. The molecule has 1 heterocycles. The smallest absolute Gasteiger partial charge is 0.326 e. The zero-order chi connectivity index (χ0) is 13.4. The number of nitrogens with one attached hydrogen (secondary N) is 1. The minimum atomic E-state index is -0.883. The van der Waals surface area contributed by atoms with Crippen LogP contribution in [0.2, 0.25) is 0 Å². The van der Waals surface area contributed by atoms with E-state index in [4.69, 9.17) is 9.84 Å². The van der Waals surface area contributed by atoms with Gasteiger partial charge < -0.3 is 15.2 Å². The van der Waals surface area contributed by atoms with Gasteiger partial charge in [-0.3, -0.25) is 0 Å². The second-order valence-electron chi connectivity index (χ2n) is 3.91. The van der Waals surface area contributed by atoms with Crippen LogP contribution in [-0.4, -0.2) is 33.7 Å². The maximum Gasteiger partial charge on any atom is 0.326 e. The minimum Gasteiger partial charge on any atom is -0.480 e. The van der Waals surface area contributed by atoms with Crippen molar-refractivity contribution in [3.05, 3.63) is 12.4 Å². The number of aromatic nitrogens is 2. The first-order valence-electron chi connectivity index (χ1n) is 6.11. The molecule has 0 aliphatic heterocycles. The molecule has 1 aromatic rings. The molecule has 1 unspecified atom stereocenters. The van der Waals surface area contributed by atoms with Crippen LogP contribution in [0, 0.1) is 0 Å². The number of aliphatic carboxylic acids is 1. The normalized spacial score (nSPS) is 11.9. The summed E-state index contributed by atoms with van der Waals surface area (Å²) in [7, 11) is 0. The van der Waals surface area contributed by atoms with Crippen molar-refractivity contribution in [1.29, 1.82) is 0 Å². The molecule has 0 aliphatic carbocycles. The Morgan fingerprint density at radius 2 is 2.22 bits per heavy atom. The SMILES string of the molecule is CCCOc1cc(NC(CCC)C(=O)O)ncn1. The molecule has 100 valence electrons. The highest BCUT2D eigenvalue weighted by Crippen LogP contribution is 2.13. The van der Waals surface area contributed by atoms with Crippen LogP contribution in [0.1, 0.15) is 33.1 Å². The molecule has 0 spiro atoms. The van der Waals surface area contributed by atoms with E-state index in [1.54, 1.807) is 6.07 Å². The lowest BCUT2D eigenvalue weighted by Gasteiger charge is -2.14. The molecule has 1 atom stereocenters. The molecular weight excluding hydrogens is 234 g/mol. The number of anilines is 1. The van der Waals surface area contributed by atoms with Gasteiger partial charge in [-0.05, 0) is 12.8 Å². The molecule has 0 bridgehead atoms. The summed E-state index contributed by atoms with van der Waals surface area (Å²) in [5.74, 6) is 0.0402. The van der Waals surface area contributed by atoms with Crippen LogP contribution in [0.25, 0.3) is 0 Å². The average molecular weight is 253 g/mol. The Balaban J connectivity index is 2.67. The number of rotatable bonds is 8. The van der Waals surface area contributed by atoms with Gasteiger partial charge in [0.1, 0.15) is 18.2 Å². The van der Waals surface area contributed by atoms with Crippen molar-refractivity contribution in [2.24, 2.45) is 0 Å². The largest absolute Gasteiger partial charge is 0.480 e. The van der Waals surface area contributed by atoms with Gasteiger partial charge in [0.05, 0.1) is 6.61 Å². The van der Waals surface area contributed by atoms with Crippen LogP contribution in [0.3, 0.4) is 0 Å². The fraction of sp³-hybridized carbons (Fsp3) is 0.583. The molecule has 0 radical (unpaired) electrons. The summed E-state index contributed by atoms with van der Waals surface area (Å²) < 4.78 is 5.36. The first-order chi connectivity index (χ1) is 8.67. The highest BCUT2D eigenvalue weighted by atomic mass is 16.5. The van der Waals surface area contributed by atoms with Gasteiger partial charge in [0.15, 0.2) is 0 Å². The molecule has 0 saturated heterocycles. The van der Waals surface area contributed by atoms with E-state index in [2.05, 4.69) is 15.3 Å². The summed E-state index contributed by atoms with van der Waals surface area (Å²) in [5.41, 5.74) is 0. The number of ether oxygens (including phenoxy) is 1. The Labute approximate surface area is 106 Å². The number of hydrogen-bond donors (Lipinski definition) is 2. The second-order valence-corrected chi connectivity index (χ2v) is 3.91. The summed E-state index contributed by atoms with van der Waals surface area (Å²) in [4.78, 5) is 19.0. The zero-order valence-corrected chi connectivity index (χ0v) is 10.7. The fourth-order valence-electron chi connectivity index (χ4n) is 1.43. The van der Waals surface area contributed by atoms with Gasteiger partial charge in [-0.2, -0.15) is 0 Å². The van der Waals surface area contributed by atoms with Crippen LogP contribution in [0.5, 0.6) is 5.88 Å². The predicted octanol–water partition coefficient (Wildman–Crippen LogP) is 1.93. The van der Waals surface area contributed by atoms with Crippen molar-refractivity contribution >= 4 is 11.8 Å². The number of hydrogen-bond acceptors (Lipinski definition) is 5. The molecular formula is C12H19N3O3. The maximum absolute atomic E-state index is 11.0. The van der Waals surface area contributed by atoms with Crippen molar-refractivity contribution in [2.75, 3.05) is 11.9 Å². The summed E-state index contributed by atoms with van der Waals surface area (Å²) >= 11 is 0. The van der Waals surface area contributed by atoms with E-state index in [0.29, 0.717) is 24.7 Å². The van der Waals surface area contributed by atoms with Gasteiger partial charge in [-0.1, -0.05) is 20.3 Å². The van der Waals surface area contributed by atoms with Gasteiger partial charge >= 0.3 is 5.97 Å². The fourth-order valence-corrected chi connectivity index (χ4v) is 1.43. The Morgan fingerprint density at radius 3 is 2.83 bits per heavy atom. The van der Waals surface area contributed by atoms with Gasteiger partial charge in [-0.25, -0.2) is 14.8 Å². The number of nitrogens with zero attached hydrogens (tertiary/aromatic N) is 2. The van der Waals surface area contributed by atoms with Gasteiger partial charge in [-0.15, -0.1) is 0 Å². The van der Waals surface area contributed by atoms with E-state index in [0.717, 1.165) is 12.8 Å². The molecule has 0 aromatic carbocycles.